The smallest absolute Gasteiger partial charge is 0.233 e. The molecule has 0 aliphatic rings. The topological polar surface area (TPSA) is 60.9 Å². The number of hydrogen-bond donors (Lipinski definition) is 0. The van der Waals surface area contributed by atoms with Crippen molar-refractivity contribution < 1.29 is 19.0 Å². The molecule has 0 fully saturated rings. The maximum atomic E-state index is 13.3. The Morgan fingerprint density at radius 2 is 1.72 bits per heavy atom. The minimum Gasteiger partial charge on any atom is -0.493 e. The molecule has 0 unspecified atom stereocenters. The molecule has 1 amide bonds. The van der Waals surface area contributed by atoms with Gasteiger partial charge in [0.05, 0.1) is 38.0 Å². The number of aromatic nitrogens is 1. The SMILES string of the molecule is COc1cc(CC(=O)N(CC(C)C)c2nc3ccccc3s2)cc(OC)c1OC. The second-order valence-electron chi connectivity index (χ2n) is 7.07. The fourth-order valence-corrected chi connectivity index (χ4v) is 4.13. The molecule has 154 valence electrons. The summed E-state index contributed by atoms with van der Waals surface area (Å²) in [5.41, 5.74) is 1.70. The van der Waals surface area contributed by atoms with Crippen LogP contribution in [0.25, 0.3) is 10.2 Å². The third-order valence-electron chi connectivity index (χ3n) is 4.44. The Hall–Kier alpha value is -2.80. The Morgan fingerprint density at radius 1 is 1.07 bits per heavy atom. The van der Waals surface area contributed by atoms with Crippen molar-refractivity contribution in [1.82, 2.24) is 4.98 Å². The van der Waals surface area contributed by atoms with Gasteiger partial charge in [-0.05, 0) is 35.7 Å². The first-order valence-corrected chi connectivity index (χ1v) is 10.2. The highest BCUT2D eigenvalue weighted by Crippen LogP contribution is 2.38. The number of ether oxygens (including phenoxy) is 3. The lowest BCUT2D eigenvalue weighted by Crippen LogP contribution is -2.35. The van der Waals surface area contributed by atoms with Gasteiger partial charge in [0.15, 0.2) is 16.6 Å². The molecule has 0 N–H and O–H groups in total. The number of benzene rings is 2. The van der Waals surface area contributed by atoms with Crippen LogP contribution in [0.1, 0.15) is 19.4 Å². The molecule has 29 heavy (non-hydrogen) atoms. The van der Waals surface area contributed by atoms with Gasteiger partial charge >= 0.3 is 0 Å². The Morgan fingerprint density at radius 3 is 2.28 bits per heavy atom. The molecule has 1 aromatic heterocycles. The van der Waals surface area contributed by atoms with E-state index in [1.165, 1.54) is 11.3 Å². The van der Waals surface area contributed by atoms with E-state index in [0.29, 0.717) is 29.7 Å². The number of thiazole rings is 1. The summed E-state index contributed by atoms with van der Waals surface area (Å²) >= 11 is 1.53. The molecule has 0 saturated carbocycles. The van der Waals surface area contributed by atoms with Crippen LogP contribution in [0.2, 0.25) is 0 Å². The number of nitrogens with zero attached hydrogens (tertiary/aromatic N) is 2. The molecule has 1 heterocycles. The molecule has 0 aliphatic carbocycles. The highest BCUT2D eigenvalue weighted by molar-refractivity contribution is 7.22. The maximum absolute atomic E-state index is 13.3. The normalized spacial score (nSPS) is 11.0. The maximum Gasteiger partial charge on any atom is 0.233 e. The number of para-hydroxylation sites is 1. The molecule has 7 heteroatoms. The van der Waals surface area contributed by atoms with E-state index in [-0.39, 0.29) is 12.3 Å². The zero-order chi connectivity index (χ0) is 21.0. The van der Waals surface area contributed by atoms with Crippen LogP contribution in [0.3, 0.4) is 0 Å². The van der Waals surface area contributed by atoms with Crippen LogP contribution in [0.5, 0.6) is 17.2 Å². The molecule has 3 rings (SSSR count). The van der Waals surface area contributed by atoms with Crippen molar-refractivity contribution in [3.63, 3.8) is 0 Å². The predicted octanol–water partition coefficient (Wildman–Crippen LogP) is 4.55. The summed E-state index contributed by atoms with van der Waals surface area (Å²) in [4.78, 5) is 19.7. The number of rotatable bonds is 8. The molecule has 0 aliphatic heterocycles. The van der Waals surface area contributed by atoms with Crippen LogP contribution in [-0.2, 0) is 11.2 Å². The van der Waals surface area contributed by atoms with Crippen molar-refractivity contribution in [2.75, 3.05) is 32.8 Å². The number of amides is 1. The average Bonchev–Trinajstić information content (AvgIpc) is 3.14. The van der Waals surface area contributed by atoms with E-state index in [1.54, 1.807) is 26.2 Å². The van der Waals surface area contributed by atoms with Gasteiger partial charge in [-0.25, -0.2) is 4.98 Å². The third kappa shape index (κ3) is 4.62. The second kappa shape index (κ2) is 9.13. The zero-order valence-electron chi connectivity index (χ0n) is 17.4. The summed E-state index contributed by atoms with van der Waals surface area (Å²) in [6.45, 7) is 4.78. The Bertz CT molecular complexity index is 941. The number of anilines is 1. The molecule has 0 bridgehead atoms. The van der Waals surface area contributed by atoms with Gasteiger partial charge in [0.1, 0.15) is 0 Å². The number of carbonyl (C=O) groups is 1. The van der Waals surface area contributed by atoms with Gasteiger partial charge in [-0.15, -0.1) is 0 Å². The van der Waals surface area contributed by atoms with Crippen LogP contribution >= 0.6 is 11.3 Å². The minimum atomic E-state index is -0.0213. The number of carbonyl (C=O) groups excluding carboxylic acids is 1. The van der Waals surface area contributed by atoms with Crippen molar-refractivity contribution in [3.05, 3.63) is 42.0 Å². The van der Waals surface area contributed by atoms with E-state index >= 15 is 0 Å². The predicted molar refractivity (Wildman–Crippen MR) is 117 cm³/mol. The average molecular weight is 415 g/mol. The van der Waals surface area contributed by atoms with E-state index in [4.69, 9.17) is 14.2 Å². The Kier molecular flexibility index (Phi) is 6.59. The second-order valence-corrected chi connectivity index (χ2v) is 8.08. The first-order valence-electron chi connectivity index (χ1n) is 9.41. The third-order valence-corrected chi connectivity index (χ3v) is 5.50. The van der Waals surface area contributed by atoms with Gasteiger partial charge in [0.2, 0.25) is 11.7 Å². The van der Waals surface area contributed by atoms with Crippen molar-refractivity contribution in [2.24, 2.45) is 5.92 Å². The first-order chi connectivity index (χ1) is 14.0. The quantitative estimate of drug-likeness (QED) is 0.541. The minimum absolute atomic E-state index is 0.0213. The van der Waals surface area contributed by atoms with Crippen molar-refractivity contribution in [2.45, 2.75) is 20.3 Å². The monoisotopic (exact) mass is 414 g/mol. The van der Waals surface area contributed by atoms with Crippen LogP contribution in [0.15, 0.2) is 36.4 Å². The molecule has 0 spiro atoms. The van der Waals surface area contributed by atoms with Gasteiger partial charge in [-0.1, -0.05) is 37.3 Å². The van der Waals surface area contributed by atoms with Crippen molar-refractivity contribution >= 4 is 32.6 Å². The summed E-state index contributed by atoms with van der Waals surface area (Å²) < 4.78 is 17.3. The fourth-order valence-electron chi connectivity index (χ4n) is 3.13. The van der Waals surface area contributed by atoms with Gasteiger partial charge in [-0.2, -0.15) is 0 Å². The highest BCUT2D eigenvalue weighted by atomic mass is 32.1. The lowest BCUT2D eigenvalue weighted by atomic mass is 10.1. The molecule has 0 atom stereocenters. The van der Waals surface area contributed by atoms with Crippen LogP contribution in [-0.4, -0.2) is 38.8 Å². The Labute approximate surface area is 175 Å². The van der Waals surface area contributed by atoms with E-state index < -0.39 is 0 Å². The molecule has 3 aromatic rings. The number of fused-ring (bicyclic) bond motifs is 1. The van der Waals surface area contributed by atoms with Gasteiger partial charge in [0.25, 0.3) is 0 Å². The standard InChI is InChI=1S/C22H26N2O4S/c1-14(2)13-24(22-23-16-8-6-7-9-19(16)29-22)20(25)12-15-10-17(26-3)21(28-5)18(11-15)27-4/h6-11,14H,12-13H2,1-5H3. The van der Waals surface area contributed by atoms with Gasteiger partial charge in [0, 0.05) is 6.54 Å². The summed E-state index contributed by atoms with van der Waals surface area (Å²) in [7, 11) is 4.69. The van der Waals surface area contributed by atoms with E-state index in [0.717, 1.165) is 20.9 Å². The summed E-state index contributed by atoms with van der Waals surface area (Å²) in [5.74, 6) is 1.87. The van der Waals surface area contributed by atoms with E-state index in [9.17, 15) is 4.79 Å². The molecule has 2 aromatic carbocycles. The molecule has 6 nitrogen and oxygen atoms in total. The van der Waals surface area contributed by atoms with Crippen molar-refractivity contribution in [1.29, 1.82) is 0 Å². The van der Waals surface area contributed by atoms with Crippen LogP contribution in [0, 0.1) is 5.92 Å². The summed E-state index contributed by atoms with van der Waals surface area (Å²) in [5, 5.41) is 0.720. The van der Waals surface area contributed by atoms with E-state index in [1.807, 2.05) is 36.4 Å². The Balaban J connectivity index is 1.92. The first kappa shape index (κ1) is 20.9. The highest BCUT2D eigenvalue weighted by Gasteiger charge is 2.22. The molecular formula is C22H26N2O4S. The van der Waals surface area contributed by atoms with Crippen LogP contribution in [0.4, 0.5) is 5.13 Å². The van der Waals surface area contributed by atoms with Crippen LogP contribution < -0.4 is 19.1 Å². The van der Waals surface area contributed by atoms with E-state index in [2.05, 4.69) is 18.8 Å². The molecule has 0 saturated heterocycles. The summed E-state index contributed by atoms with van der Waals surface area (Å²) in [6.07, 6.45) is 0.208. The zero-order valence-corrected chi connectivity index (χ0v) is 18.2. The number of methoxy groups -OCH3 is 3. The van der Waals surface area contributed by atoms with Crippen molar-refractivity contribution in [3.8, 4) is 17.2 Å². The lowest BCUT2D eigenvalue weighted by Gasteiger charge is -2.22. The number of hydrogen-bond acceptors (Lipinski definition) is 6. The molecular weight excluding hydrogens is 388 g/mol. The lowest BCUT2D eigenvalue weighted by molar-refractivity contribution is -0.118. The largest absolute Gasteiger partial charge is 0.493 e. The van der Waals surface area contributed by atoms with Gasteiger partial charge < -0.3 is 14.2 Å². The summed E-state index contributed by atoms with van der Waals surface area (Å²) in [6, 6.07) is 11.5. The fraction of sp³-hybridized carbons (Fsp3) is 0.364. The van der Waals surface area contributed by atoms with Gasteiger partial charge in [-0.3, -0.25) is 9.69 Å². The molecule has 0 radical (unpaired) electrons.